The summed E-state index contributed by atoms with van der Waals surface area (Å²) in [5, 5.41) is 3.78. The maximum absolute atomic E-state index is 5.42. The monoisotopic (exact) mass is 239 g/mol. The summed E-state index contributed by atoms with van der Waals surface area (Å²) in [6.07, 6.45) is 6.68. The average molecular weight is 239 g/mol. The molecule has 0 aromatic rings. The smallest absolute Gasteiger partial charge is 0.0495 e. The third kappa shape index (κ3) is 3.96. The molecule has 3 unspecified atom stereocenters. The summed E-state index contributed by atoms with van der Waals surface area (Å²) in [6, 6.07) is 0.755. The highest BCUT2D eigenvalue weighted by atomic mass is 16.5. The average Bonchev–Trinajstić information content (AvgIpc) is 2.73. The van der Waals surface area contributed by atoms with E-state index in [4.69, 9.17) is 4.74 Å². The third-order valence-electron chi connectivity index (χ3n) is 4.68. The third-order valence-corrected chi connectivity index (χ3v) is 4.68. The van der Waals surface area contributed by atoms with Gasteiger partial charge in [0.15, 0.2) is 0 Å². The SMILES string of the molecule is CC1CC(C)(C)CCC1NCCC1CCOC1. The quantitative estimate of drug-likeness (QED) is 0.813. The van der Waals surface area contributed by atoms with Gasteiger partial charge in [-0.05, 0) is 55.9 Å². The lowest BCUT2D eigenvalue weighted by Gasteiger charge is -2.39. The molecule has 0 radical (unpaired) electrons. The maximum atomic E-state index is 5.42. The number of ether oxygens (including phenoxy) is 1. The molecule has 100 valence electrons. The fraction of sp³-hybridized carbons (Fsp3) is 1.00. The first-order valence-electron chi connectivity index (χ1n) is 7.38. The molecule has 0 bridgehead atoms. The van der Waals surface area contributed by atoms with Gasteiger partial charge in [0.25, 0.3) is 0 Å². The van der Waals surface area contributed by atoms with Crippen molar-refractivity contribution in [3.8, 4) is 0 Å². The molecule has 0 amide bonds. The highest BCUT2D eigenvalue weighted by Gasteiger charge is 2.31. The second-order valence-corrected chi connectivity index (χ2v) is 6.96. The molecule has 3 atom stereocenters. The van der Waals surface area contributed by atoms with Gasteiger partial charge in [-0.2, -0.15) is 0 Å². The summed E-state index contributed by atoms with van der Waals surface area (Å²) < 4.78 is 5.42. The molecule has 0 aromatic carbocycles. The molecular formula is C15H29NO. The lowest BCUT2D eigenvalue weighted by Crippen LogP contribution is -2.42. The molecule has 2 fully saturated rings. The molecule has 1 heterocycles. The van der Waals surface area contributed by atoms with Gasteiger partial charge in [-0.3, -0.25) is 0 Å². The molecule has 0 aromatic heterocycles. The molecule has 0 spiro atoms. The van der Waals surface area contributed by atoms with Crippen LogP contribution in [0.1, 0.15) is 52.9 Å². The predicted octanol–water partition coefficient (Wildman–Crippen LogP) is 3.22. The Morgan fingerprint density at radius 1 is 1.29 bits per heavy atom. The second-order valence-electron chi connectivity index (χ2n) is 6.96. The zero-order chi connectivity index (χ0) is 12.3. The van der Waals surface area contributed by atoms with Gasteiger partial charge >= 0.3 is 0 Å². The van der Waals surface area contributed by atoms with E-state index in [2.05, 4.69) is 26.1 Å². The Hall–Kier alpha value is -0.0800. The van der Waals surface area contributed by atoms with Crippen molar-refractivity contribution in [1.82, 2.24) is 5.32 Å². The van der Waals surface area contributed by atoms with Crippen LogP contribution >= 0.6 is 0 Å². The van der Waals surface area contributed by atoms with Crippen molar-refractivity contribution in [1.29, 1.82) is 0 Å². The Balaban J connectivity index is 1.65. The van der Waals surface area contributed by atoms with Crippen molar-refractivity contribution in [2.75, 3.05) is 19.8 Å². The fourth-order valence-electron chi connectivity index (χ4n) is 3.53. The van der Waals surface area contributed by atoms with Gasteiger partial charge in [-0.1, -0.05) is 20.8 Å². The van der Waals surface area contributed by atoms with Crippen molar-refractivity contribution < 1.29 is 4.74 Å². The van der Waals surface area contributed by atoms with Crippen LogP contribution in [0.15, 0.2) is 0 Å². The van der Waals surface area contributed by atoms with Crippen LogP contribution in [0.2, 0.25) is 0 Å². The van der Waals surface area contributed by atoms with Crippen LogP contribution in [0.4, 0.5) is 0 Å². The number of nitrogens with one attached hydrogen (secondary N) is 1. The first-order valence-corrected chi connectivity index (χ1v) is 7.38. The van der Waals surface area contributed by atoms with Gasteiger partial charge in [0.05, 0.1) is 0 Å². The Labute approximate surface area is 107 Å². The van der Waals surface area contributed by atoms with E-state index in [0.29, 0.717) is 5.41 Å². The van der Waals surface area contributed by atoms with Crippen LogP contribution in [0.5, 0.6) is 0 Å². The Kier molecular flexibility index (Phi) is 4.48. The molecule has 2 heteroatoms. The summed E-state index contributed by atoms with van der Waals surface area (Å²) in [5.41, 5.74) is 0.566. The zero-order valence-corrected chi connectivity index (χ0v) is 11.8. The lowest BCUT2D eigenvalue weighted by atomic mass is 9.70. The highest BCUT2D eigenvalue weighted by Crippen LogP contribution is 2.38. The van der Waals surface area contributed by atoms with Crippen LogP contribution in [0.25, 0.3) is 0 Å². The van der Waals surface area contributed by atoms with E-state index in [1.807, 2.05) is 0 Å². The van der Waals surface area contributed by atoms with Crippen LogP contribution in [0.3, 0.4) is 0 Å². The minimum absolute atomic E-state index is 0.566. The largest absolute Gasteiger partial charge is 0.381 e. The summed E-state index contributed by atoms with van der Waals surface area (Å²) in [5.74, 6) is 1.65. The minimum Gasteiger partial charge on any atom is -0.381 e. The molecule has 1 aliphatic heterocycles. The molecule has 1 N–H and O–H groups in total. The lowest BCUT2D eigenvalue weighted by molar-refractivity contribution is 0.147. The molecule has 2 nitrogen and oxygen atoms in total. The summed E-state index contributed by atoms with van der Waals surface area (Å²) in [6.45, 7) is 10.4. The van der Waals surface area contributed by atoms with Crippen molar-refractivity contribution in [2.24, 2.45) is 17.3 Å². The van der Waals surface area contributed by atoms with E-state index < -0.39 is 0 Å². The molecule has 17 heavy (non-hydrogen) atoms. The second kappa shape index (κ2) is 5.71. The van der Waals surface area contributed by atoms with E-state index >= 15 is 0 Å². The van der Waals surface area contributed by atoms with Gasteiger partial charge in [0.2, 0.25) is 0 Å². The van der Waals surface area contributed by atoms with Gasteiger partial charge < -0.3 is 10.1 Å². The molecule has 1 saturated carbocycles. The van der Waals surface area contributed by atoms with E-state index in [9.17, 15) is 0 Å². The van der Waals surface area contributed by atoms with Crippen molar-refractivity contribution in [3.63, 3.8) is 0 Å². The van der Waals surface area contributed by atoms with Crippen molar-refractivity contribution >= 4 is 0 Å². The molecule has 2 rings (SSSR count). The van der Waals surface area contributed by atoms with Crippen LogP contribution in [-0.2, 0) is 4.74 Å². The Morgan fingerprint density at radius 2 is 2.12 bits per heavy atom. The zero-order valence-electron chi connectivity index (χ0n) is 11.8. The topological polar surface area (TPSA) is 21.3 Å². The van der Waals surface area contributed by atoms with Gasteiger partial charge in [0, 0.05) is 19.3 Å². The van der Waals surface area contributed by atoms with Crippen molar-refractivity contribution in [2.45, 2.75) is 58.9 Å². The fourth-order valence-corrected chi connectivity index (χ4v) is 3.53. The number of rotatable bonds is 4. The summed E-state index contributed by atoms with van der Waals surface area (Å²) >= 11 is 0. The summed E-state index contributed by atoms with van der Waals surface area (Å²) in [7, 11) is 0. The van der Waals surface area contributed by atoms with E-state index in [-0.39, 0.29) is 0 Å². The number of hydrogen-bond donors (Lipinski definition) is 1. The Morgan fingerprint density at radius 3 is 2.76 bits per heavy atom. The maximum Gasteiger partial charge on any atom is 0.0495 e. The minimum atomic E-state index is 0.566. The molecule has 1 saturated heterocycles. The molecular weight excluding hydrogens is 210 g/mol. The predicted molar refractivity (Wildman–Crippen MR) is 72.1 cm³/mol. The van der Waals surface area contributed by atoms with E-state index in [1.165, 1.54) is 38.6 Å². The summed E-state index contributed by atoms with van der Waals surface area (Å²) in [4.78, 5) is 0. The Bertz CT molecular complexity index is 233. The first-order chi connectivity index (χ1) is 8.07. The highest BCUT2D eigenvalue weighted by molar-refractivity contribution is 4.86. The van der Waals surface area contributed by atoms with Crippen LogP contribution < -0.4 is 5.32 Å². The van der Waals surface area contributed by atoms with Crippen LogP contribution in [-0.4, -0.2) is 25.8 Å². The normalized spacial score (nSPS) is 37.2. The standard InChI is InChI=1S/C15H29NO/c1-12-10-15(2,3)7-4-14(12)16-8-5-13-6-9-17-11-13/h12-14,16H,4-11H2,1-3H3. The van der Waals surface area contributed by atoms with E-state index in [1.54, 1.807) is 0 Å². The first kappa shape index (κ1) is 13.4. The number of hydrogen-bond acceptors (Lipinski definition) is 2. The molecule has 2 aliphatic rings. The van der Waals surface area contributed by atoms with Gasteiger partial charge in [0.1, 0.15) is 0 Å². The van der Waals surface area contributed by atoms with Gasteiger partial charge in [-0.15, -0.1) is 0 Å². The van der Waals surface area contributed by atoms with Gasteiger partial charge in [-0.25, -0.2) is 0 Å². The van der Waals surface area contributed by atoms with Crippen LogP contribution in [0, 0.1) is 17.3 Å². The molecule has 1 aliphatic carbocycles. The van der Waals surface area contributed by atoms with E-state index in [0.717, 1.165) is 31.1 Å². The van der Waals surface area contributed by atoms with Crippen molar-refractivity contribution in [3.05, 3.63) is 0 Å².